The maximum absolute atomic E-state index is 15.0. The molecule has 2 aliphatic carbocycles. The third-order valence-corrected chi connectivity index (χ3v) is 5.55. The van der Waals surface area contributed by atoms with Gasteiger partial charge in [0.15, 0.2) is 11.6 Å². The number of aliphatic imine (C=N–C) groups is 1. The lowest BCUT2D eigenvalue weighted by Crippen LogP contribution is -2.14. The minimum Gasteiger partial charge on any atom is -0.421 e. The molecular formula is C24H26FN5O. The summed E-state index contributed by atoms with van der Waals surface area (Å²) >= 11 is 0. The van der Waals surface area contributed by atoms with Gasteiger partial charge in [-0.25, -0.2) is 4.39 Å². The third-order valence-electron chi connectivity index (χ3n) is 5.55. The molecule has 1 saturated carbocycles. The van der Waals surface area contributed by atoms with Crippen molar-refractivity contribution in [1.29, 1.82) is 0 Å². The Kier molecular flexibility index (Phi) is 4.96. The van der Waals surface area contributed by atoms with Crippen molar-refractivity contribution in [3.8, 4) is 11.8 Å². The van der Waals surface area contributed by atoms with Crippen LogP contribution in [0.4, 0.5) is 16.0 Å². The molecule has 1 aromatic carbocycles. The predicted molar refractivity (Wildman–Crippen MR) is 121 cm³/mol. The van der Waals surface area contributed by atoms with Gasteiger partial charge in [0.2, 0.25) is 0 Å². The van der Waals surface area contributed by atoms with Gasteiger partial charge in [-0.3, -0.25) is 4.99 Å². The van der Waals surface area contributed by atoms with Crippen molar-refractivity contribution < 1.29 is 9.13 Å². The van der Waals surface area contributed by atoms with Gasteiger partial charge in [-0.1, -0.05) is 17.7 Å². The summed E-state index contributed by atoms with van der Waals surface area (Å²) in [4.78, 5) is 13.4. The Morgan fingerprint density at radius 3 is 2.71 bits per heavy atom. The number of rotatable bonds is 6. The molecule has 1 fully saturated rings. The molecule has 31 heavy (non-hydrogen) atoms. The molecule has 2 N–H and O–H groups in total. The number of amidine groups is 1. The van der Waals surface area contributed by atoms with E-state index in [-0.39, 0.29) is 23.6 Å². The molecular weight excluding hydrogens is 393 g/mol. The van der Waals surface area contributed by atoms with Gasteiger partial charge in [0, 0.05) is 17.7 Å². The number of allylic oxidation sites excluding steroid dienone is 1. The lowest BCUT2D eigenvalue weighted by atomic mass is 10.1. The smallest absolute Gasteiger partial charge is 0.326 e. The van der Waals surface area contributed by atoms with E-state index < -0.39 is 0 Å². The fourth-order valence-corrected chi connectivity index (χ4v) is 3.95. The normalized spacial score (nSPS) is 17.3. The van der Waals surface area contributed by atoms with Crippen LogP contribution in [0.2, 0.25) is 0 Å². The third kappa shape index (κ3) is 4.31. The first-order valence-electron chi connectivity index (χ1n) is 10.8. The zero-order valence-corrected chi connectivity index (χ0v) is 18.0. The number of nitrogens with zero attached hydrogens (tertiary/aromatic N) is 3. The van der Waals surface area contributed by atoms with Crippen molar-refractivity contribution in [1.82, 2.24) is 9.97 Å². The first-order chi connectivity index (χ1) is 14.9. The first kappa shape index (κ1) is 19.7. The number of ether oxygens (including phenoxy) is 1. The molecule has 6 nitrogen and oxygen atoms in total. The second-order valence-electron chi connectivity index (χ2n) is 8.76. The molecule has 2 aromatic rings. The Morgan fingerprint density at radius 1 is 1.13 bits per heavy atom. The van der Waals surface area contributed by atoms with Crippen LogP contribution in [0.25, 0.3) is 6.08 Å². The van der Waals surface area contributed by atoms with Crippen molar-refractivity contribution >= 4 is 23.5 Å². The highest BCUT2D eigenvalue weighted by Crippen LogP contribution is 2.38. The summed E-state index contributed by atoms with van der Waals surface area (Å²) in [6, 6.07) is 5.60. The summed E-state index contributed by atoms with van der Waals surface area (Å²) in [7, 11) is 0. The van der Waals surface area contributed by atoms with Crippen LogP contribution in [0.1, 0.15) is 44.7 Å². The first-order valence-corrected chi connectivity index (χ1v) is 10.8. The minimum atomic E-state index is -0.383. The largest absolute Gasteiger partial charge is 0.421 e. The number of hydrogen-bond donors (Lipinski definition) is 2. The average Bonchev–Trinajstić information content (AvgIpc) is 3.33. The van der Waals surface area contributed by atoms with E-state index in [9.17, 15) is 0 Å². The van der Waals surface area contributed by atoms with E-state index in [2.05, 4.69) is 31.7 Å². The van der Waals surface area contributed by atoms with Gasteiger partial charge >= 0.3 is 6.01 Å². The van der Waals surface area contributed by atoms with Crippen molar-refractivity contribution in [3.63, 3.8) is 0 Å². The molecule has 0 unspecified atom stereocenters. The molecule has 5 rings (SSSR count). The number of fused-ring (bicyclic) bond motifs is 1. The quantitative estimate of drug-likeness (QED) is 0.661. The summed E-state index contributed by atoms with van der Waals surface area (Å²) in [5.41, 5.74) is 4.06. The standard InChI is InChI=1S/C24H26FN5O/c1-13(2)27-21-11-22(28-20-10-17(12-26-20)15-4-5-15)30-24(29-21)31-19-7-6-16-8-14(3)9-18(16)23(19)25/h6-7,9-11,13,15H,4-5,8,12H2,1-3H3,(H2,26,27,28,29,30). The van der Waals surface area contributed by atoms with E-state index in [1.807, 2.05) is 39.0 Å². The maximum atomic E-state index is 15.0. The molecule has 7 heteroatoms. The van der Waals surface area contributed by atoms with Crippen molar-refractivity contribution in [2.45, 2.75) is 46.1 Å². The van der Waals surface area contributed by atoms with Crippen LogP contribution in [0.5, 0.6) is 11.8 Å². The minimum absolute atomic E-state index is 0.0793. The van der Waals surface area contributed by atoms with E-state index in [0.717, 1.165) is 29.9 Å². The van der Waals surface area contributed by atoms with Crippen LogP contribution in [-0.4, -0.2) is 28.4 Å². The number of benzene rings is 1. The molecule has 1 aromatic heterocycles. The topological polar surface area (TPSA) is 71.4 Å². The predicted octanol–water partition coefficient (Wildman–Crippen LogP) is 5.35. The van der Waals surface area contributed by atoms with Gasteiger partial charge in [-0.15, -0.1) is 0 Å². The molecule has 2 heterocycles. The molecule has 1 aliphatic heterocycles. The second kappa shape index (κ2) is 7.80. The molecule has 3 aliphatic rings. The fourth-order valence-electron chi connectivity index (χ4n) is 3.95. The van der Waals surface area contributed by atoms with Gasteiger partial charge in [0.05, 0.1) is 6.54 Å². The molecule has 0 saturated heterocycles. The summed E-state index contributed by atoms with van der Waals surface area (Å²) in [5.74, 6) is 2.36. The highest BCUT2D eigenvalue weighted by molar-refractivity contribution is 6.05. The number of aromatic nitrogens is 2. The average molecular weight is 420 g/mol. The molecule has 0 atom stereocenters. The summed E-state index contributed by atoms with van der Waals surface area (Å²) in [5, 5.41) is 6.52. The van der Waals surface area contributed by atoms with Crippen LogP contribution in [-0.2, 0) is 6.42 Å². The highest BCUT2D eigenvalue weighted by Gasteiger charge is 2.28. The van der Waals surface area contributed by atoms with E-state index in [1.165, 1.54) is 18.4 Å². The maximum Gasteiger partial charge on any atom is 0.326 e. The van der Waals surface area contributed by atoms with Crippen LogP contribution in [0.15, 0.2) is 40.4 Å². The van der Waals surface area contributed by atoms with Crippen molar-refractivity contribution in [2.75, 3.05) is 17.2 Å². The molecule has 0 spiro atoms. The fraction of sp³-hybridized carbons (Fsp3) is 0.375. The van der Waals surface area contributed by atoms with Crippen LogP contribution in [0, 0.1) is 11.7 Å². The number of nitrogens with one attached hydrogen (secondary N) is 2. The van der Waals surface area contributed by atoms with E-state index in [0.29, 0.717) is 23.1 Å². The van der Waals surface area contributed by atoms with Crippen molar-refractivity contribution in [3.05, 3.63) is 52.4 Å². The zero-order chi connectivity index (χ0) is 21.5. The highest BCUT2D eigenvalue weighted by atomic mass is 19.1. The summed E-state index contributed by atoms with van der Waals surface area (Å²) in [6.07, 6.45) is 7.24. The SMILES string of the molecule is CC1=Cc2c(ccc(Oc3nc(NC4=NCC(C5CC5)=C4)cc(NC(C)C)n3)c2F)C1. The molecule has 160 valence electrons. The van der Waals surface area contributed by atoms with E-state index in [4.69, 9.17) is 4.74 Å². The molecule has 0 radical (unpaired) electrons. The van der Waals surface area contributed by atoms with Gasteiger partial charge in [0.1, 0.15) is 17.5 Å². The Labute approximate surface area is 181 Å². The zero-order valence-electron chi connectivity index (χ0n) is 18.0. The Morgan fingerprint density at radius 2 is 1.94 bits per heavy atom. The van der Waals surface area contributed by atoms with Gasteiger partial charge in [-0.2, -0.15) is 9.97 Å². The Balaban J connectivity index is 1.42. The summed E-state index contributed by atoms with van der Waals surface area (Å²) in [6.45, 7) is 6.79. The second-order valence-corrected chi connectivity index (χ2v) is 8.76. The summed E-state index contributed by atoms with van der Waals surface area (Å²) < 4.78 is 20.8. The Hall–Kier alpha value is -3.22. The molecule has 0 amide bonds. The lowest BCUT2D eigenvalue weighted by Gasteiger charge is -2.14. The molecule has 0 bridgehead atoms. The Bertz CT molecular complexity index is 1130. The van der Waals surface area contributed by atoms with Crippen molar-refractivity contribution in [2.24, 2.45) is 10.9 Å². The lowest BCUT2D eigenvalue weighted by molar-refractivity contribution is 0.411. The van der Waals surface area contributed by atoms with Gasteiger partial charge < -0.3 is 15.4 Å². The van der Waals surface area contributed by atoms with Crippen LogP contribution < -0.4 is 15.4 Å². The van der Waals surface area contributed by atoms with E-state index in [1.54, 1.807) is 6.07 Å². The van der Waals surface area contributed by atoms with E-state index >= 15 is 4.39 Å². The number of anilines is 2. The monoisotopic (exact) mass is 419 g/mol. The number of hydrogen-bond acceptors (Lipinski definition) is 6. The van der Waals surface area contributed by atoms with Gasteiger partial charge in [-0.05, 0) is 69.2 Å². The van der Waals surface area contributed by atoms with Crippen LogP contribution in [0.3, 0.4) is 0 Å². The van der Waals surface area contributed by atoms with Crippen LogP contribution >= 0.6 is 0 Å². The van der Waals surface area contributed by atoms with Gasteiger partial charge in [0.25, 0.3) is 0 Å². The number of halogens is 1.